The first kappa shape index (κ1) is 17.8. The number of anilines is 1. The zero-order valence-corrected chi connectivity index (χ0v) is 15.4. The summed E-state index contributed by atoms with van der Waals surface area (Å²) in [6.45, 7) is 7.31. The van der Waals surface area contributed by atoms with Crippen molar-refractivity contribution >= 4 is 5.82 Å². The van der Waals surface area contributed by atoms with E-state index in [0.717, 1.165) is 69.1 Å². The molecule has 0 amide bonds. The molecule has 1 aliphatic heterocycles. The zero-order chi connectivity index (χ0) is 17.5. The van der Waals surface area contributed by atoms with E-state index in [1.165, 1.54) is 5.56 Å². The maximum atomic E-state index is 4.73. The average molecular weight is 339 g/mol. The van der Waals surface area contributed by atoms with Crippen LogP contribution in [0.2, 0.25) is 0 Å². The van der Waals surface area contributed by atoms with Gasteiger partial charge in [-0.05, 0) is 38.3 Å². The van der Waals surface area contributed by atoms with Gasteiger partial charge in [0, 0.05) is 55.7 Å². The maximum Gasteiger partial charge on any atom is 0.135 e. The molecule has 2 aromatic rings. The number of hydrogen-bond acceptors (Lipinski definition) is 5. The molecule has 2 aromatic heterocycles. The summed E-state index contributed by atoms with van der Waals surface area (Å²) < 4.78 is 0. The van der Waals surface area contributed by atoms with Crippen LogP contribution in [0.25, 0.3) is 0 Å². The normalized spacial score (nSPS) is 15.5. The van der Waals surface area contributed by atoms with Crippen LogP contribution in [0.3, 0.4) is 0 Å². The highest BCUT2D eigenvalue weighted by Gasteiger charge is 2.21. The van der Waals surface area contributed by atoms with Crippen molar-refractivity contribution in [3.63, 3.8) is 0 Å². The molecule has 3 heterocycles. The Labute approximate surface area is 150 Å². The fourth-order valence-electron chi connectivity index (χ4n) is 3.45. The SMILES string of the molecule is CCCc1cnc(C)nc1N1CCC(NCCc2ccccn2)CC1. The quantitative estimate of drug-likeness (QED) is 0.840. The average Bonchev–Trinajstić information content (AvgIpc) is 2.65. The van der Waals surface area contributed by atoms with Gasteiger partial charge in [0.2, 0.25) is 0 Å². The van der Waals surface area contributed by atoms with Gasteiger partial charge in [-0.2, -0.15) is 0 Å². The lowest BCUT2D eigenvalue weighted by Gasteiger charge is -2.34. The number of hydrogen-bond donors (Lipinski definition) is 1. The summed E-state index contributed by atoms with van der Waals surface area (Å²) in [5, 5.41) is 3.69. The molecule has 0 radical (unpaired) electrons. The van der Waals surface area contributed by atoms with E-state index in [9.17, 15) is 0 Å². The summed E-state index contributed by atoms with van der Waals surface area (Å²) in [5.74, 6) is 2.02. The predicted molar refractivity (Wildman–Crippen MR) is 102 cm³/mol. The third-order valence-corrected chi connectivity index (χ3v) is 4.82. The first-order chi connectivity index (χ1) is 12.3. The van der Waals surface area contributed by atoms with Gasteiger partial charge in [0.05, 0.1) is 0 Å². The summed E-state index contributed by atoms with van der Waals surface area (Å²) in [5.41, 5.74) is 2.45. The Morgan fingerprint density at radius 1 is 1.16 bits per heavy atom. The largest absolute Gasteiger partial charge is 0.356 e. The van der Waals surface area contributed by atoms with Gasteiger partial charge >= 0.3 is 0 Å². The Bertz CT molecular complexity index is 650. The number of piperidine rings is 1. The van der Waals surface area contributed by atoms with E-state index in [-0.39, 0.29) is 0 Å². The monoisotopic (exact) mass is 339 g/mol. The lowest BCUT2D eigenvalue weighted by atomic mass is 10.0. The number of aromatic nitrogens is 3. The number of nitrogens with one attached hydrogen (secondary N) is 1. The third kappa shape index (κ3) is 4.98. The molecule has 5 heteroatoms. The number of nitrogens with zero attached hydrogens (tertiary/aromatic N) is 4. The van der Waals surface area contributed by atoms with E-state index in [1.54, 1.807) is 0 Å². The van der Waals surface area contributed by atoms with Crippen molar-refractivity contribution in [2.24, 2.45) is 0 Å². The lowest BCUT2D eigenvalue weighted by Crippen LogP contribution is -2.43. The van der Waals surface area contributed by atoms with E-state index in [0.29, 0.717) is 6.04 Å². The summed E-state index contributed by atoms with van der Waals surface area (Å²) in [6, 6.07) is 6.71. The van der Waals surface area contributed by atoms with Gasteiger partial charge in [-0.25, -0.2) is 9.97 Å². The second-order valence-electron chi connectivity index (χ2n) is 6.80. The second-order valence-corrected chi connectivity index (χ2v) is 6.80. The molecule has 0 bridgehead atoms. The van der Waals surface area contributed by atoms with Gasteiger partial charge in [-0.15, -0.1) is 0 Å². The molecule has 134 valence electrons. The highest BCUT2D eigenvalue weighted by atomic mass is 15.2. The van der Waals surface area contributed by atoms with Crippen molar-refractivity contribution in [1.82, 2.24) is 20.3 Å². The Hall–Kier alpha value is -2.01. The fraction of sp³-hybridized carbons (Fsp3) is 0.550. The van der Waals surface area contributed by atoms with Gasteiger partial charge in [0.25, 0.3) is 0 Å². The predicted octanol–water partition coefficient (Wildman–Crippen LogP) is 2.93. The van der Waals surface area contributed by atoms with Crippen molar-refractivity contribution in [2.75, 3.05) is 24.5 Å². The van der Waals surface area contributed by atoms with Crippen molar-refractivity contribution in [3.8, 4) is 0 Å². The minimum Gasteiger partial charge on any atom is -0.356 e. The minimum atomic E-state index is 0.595. The number of rotatable bonds is 7. The Balaban J connectivity index is 1.49. The van der Waals surface area contributed by atoms with Crippen LogP contribution < -0.4 is 10.2 Å². The summed E-state index contributed by atoms with van der Waals surface area (Å²) in [7, 11) is 0. The fourth-order valence-corrected chi connectivity index (χ4v) is 3.45. The van der Waals surface area contributed by atoms with E-state index >= 15 is 0 Å². The van der Waals surface area contributed by atoms with Crippen molar-refractivity contribution in [3.05, 3.63) is 47.7 Å². The molecule has 1 saturated heterocycles. The van der Waals surface area contributed by atoms with E-state index in [2.05, 4.69) is 39.2 Å². The van der Waals surface area contributed by atoms with Gasteiger partial charge in [-0.3, -0.25) is 4.98 Å². The van der Waals surface area contributed by atoms with Gasteiger partial charge in [-0.1, -0.05) is 19.4 Å². The van der Waals surface area contributed by atoms with Crippen molar-refractivity contribution < 1.29 is 0 Å². The topological polar surface area (TPSA) is 53.9 Å². The third-order valence-electron chi connectivity index (χ3n) is 4.82. The zero-order valence-electron chi connectivity index (χ0n) is 15.4. The molecule has 0 aliphatic carbocycles. The van der Waals surface area contributed by atoms with Crippen LogP contribution in [0.1, 0.15) is 43.3 Å². The van der Waals surface area contributed by atoms with Crippen molar-refractivity contribution in [1.29, 1.82) is 0 Å². The first-order valence-electron chi connectivity index (χ1n) is 9.47. The maximum absolute atomic E-state index is 4.73. The summed E-state index contributed by atoms with van der Waals surface area (Å²) in [4.78, 5) is 15.9. The molecule has 0 atom stereocenters. The standard InChI is InChI=1S/C20H29N5/c1-3-6-17-15-23-16(2)24-20(17)25-13-9-19(10-14-25)22-12-8-18-7-4-5-11-21-18/h4-5,7,11,15,19,22H,3,6,8-10,12-14H2,1-2H3. The van der Waals surface area contributed by atoms with Crippen LogP contribution in [0.4, 0.5) is 5.82 Å². The number of aryl methyl sites for hydroxylation is 2. The van der Waals surface area contributed by atoms with Crippen LogP contribution in [-0.2, 0) is 12.8 Å². The lowest BCUT2D eigenvalue weighted by molar-refractivity contribution is 0.415. The van der Waals surface area contributed by atoms with E-state index < -0.39 is 0 Å². The Morgan fingerprint density at radius 2 is 2.00 bits per heavy atom. The number of pyridine rings is 1. The van der Waals surface area contributed by atoms with Crippen LogP contribution >= 0.6 is 0 Å². The second kappa shape index (κ2) is 8.90. The molecule has 1 fully saturated rings. The molecule has 0 saturated carbocycles. The molecule has 25 heavy (non-hydrogen) atoms. The summed E-state index contributed by atoms with van der Waals surface area (Å²) in [6.07, 6.45) is 9.38. The summed E-state index contributed by atoms with van der Waals surface area (Å²) >= 11 is 0. The highest BCUT2D eigenvalue weighted by Crippen LogP contribution is 2.23. The molecule has 1 N–H and O–H groups in total. The minimum absolute atomic E-state index is 0.595. The molecular formula is C20H29N5. The molecular weight excluding hydrogens is 310 g/mol. The highest BCUT2D eigenvalue weighted by molar-refractivity contribution is 5.46. The smallest absolute Gasteiger partial charge is 0.135 e. The molecule has 5 nitrogen and oxygen atoms in total. The molecule has 0 aromatic carbocycles. The first-order valence-corrected chi connectivity index (χ1v) is 9.47. The molecule has 0 unspecified atom stereocenters. The van der Waals surface area contributed by atoms with Crippen LogP contribution in [0, 0.1) is 6.92 Å². The van der Waals surface area contributed by atoms with Crippen molar-refractivity contribution in [2.45, 2.75) is 52.0 Å². The van der Waals surface area contributed by atoms with E-state index in [1.807, 2.05) is 25.4 Å². The van der Waals surface area contributed by atoms with Gasteiger partial charge in [0.1, 0.15) is 11.6 Å². The van der Waals surface area contributed by atoms with Crippen LogP contribution in [-0.4, -0.2) is 40.6 Å². The molecule has 0 spiro atoms. The molecule has 1 aliphatic rings. The Kier molecular flexibility index (Phi) is 6.34. The molecule has 3 rings (SSSR count). The Morgan fingerprint density at radius 3 is 2.72 bits per heavy atom. The van der Waals surface area contributed by atoms with Gasteiger partial charge < -0.3 is 10.2 Å². The van der Waals surface area contributed by atoms with Crippen LogP contribution in [0.15, 0.2) is 30.6 Å². The van der Waals surface area contributed by atoms with E-state index in [4.69, 9.17) is 4.98 Å². The van der Waals surface area contributed by atoms with Crippen LogP contribution in [0.5, 0.6) is 0 Å². The van der Waals surface area contributed by atoms with Gasteiger partial charge in [0.15, 0.2) is 0 Å².